The molecule has 398 valence electrons. The second-order valence-electron chi connectivity index (χ2n) is 23.5. The molecule has 0 aromatic heterocycles. The first kappa shape index (κ1) is 50.1. The number of rotatable bonds is 6. The fourth-order valence-corrected chi connectivity index (χ4v) is 14.1. The van der Waals surface area contributed by atoms with Gasteiger partial charge in [0.15, 0.2) is 0 Å². The van der Waals surface area contributed by atoms with Gasteiger partial charge in [-0.1, -0.05) is 293 Å². The largest absolute Gasteiger partial charge is 0.0622 e. The molecule has 0 N–H and O–H groups in total. The van der Waals surface area contributed by atoms with Crippen LogP contribution in [-0.4, -0.2) is 0 Å². The van der Waals surface area contributed by atoms with Gasteiger partial charge in [-0.05, 0) is 201 Å². The summed E-state index contributed by atoms with van der Waals surface area (Å²) in [4.78, 5) is 0. The van der Waals surface area contributed by atoms with Crippen LogP contribution in [0.15, 0.2) is 315 Å². The monoisotopic (exact) mass is 1080 g/mol. The quantitative estimate of drug-likeness (QED) is 0.146. The van der Waals surface area contributed by atoms with E-state index in [1.54, 1.807) is 0 Å². The van der Waals surface area contributed by atoms with Gasteiger partial charge in [0, 0.05) is 5.41 Å². The minimum Gasteiger partial charge on any atom is -0.0622 e. The first-order valence-corrected chi connectivity index (χ1v) is 29.7. The van der Waals surface area contributed by atoms with Crippen molar-refractivity contribution in [1.29, 1.82) is 0 Å². The van der Waals surface area contributed by atoms with Crippen molar-refractivity contribution < 1.29 is 0 Å². The number of fused-ring (bicyclic) bond motifs is 10. The molecule has 17 rings (SSSR count). The topological polar surface area (TPSA) is 0 Å². The van der Waals surface area contributed by atoms with Crippen LogP contribution < -0.4 is 0 Å². The second kappa shape index (κ2) is 20.3. The van der Waals surface area contributed by atoms with Crippen LogP contribution in [0.5, 0.6) is 0 Å². The van der Waals surface area contributed by atoms with E-state index in [2.05, 4.69) is 329 Å². The van der Waals surface area contributed by atoms with E-state index in [4.69, 9.17) is 0 Å². The van der Waals surface area contributed by atoms with Crippen LogP contribution in [-0.2, 0) is 5.41 Å². The van der Waals surface area contributed by atoms with E-state index in [9.17, 15) is 0 Å². The van der Waals surface area contributed by atoms with Crippen LogP contribution in [0.2, 0.25) is 0 Å². The predicted molar refractivity (Wildman–Crippen MR) is 366 cm³/mol. The Morgan fingerprint density at radius 3 is 0.953 bits per heavy atom. The lowest BCUT2D eigenvalue weighted by Crippen LogP contribution is -2.14. The molecule has 85 heavy (non-hydrogen) atoms. The van der Waals surface area contributed by atoms with Crippen LogP contribution >= 0.6 is 0 Å². The van der Waals surface area contributed by atoms with Crippen molar-refractivity contribution in [2.24, 2.45) is 0 Å². The predicted octanol–water partition coefficient (Wildman–Crippen LogP) is 23.8. The van der Waals surface area contributed by atoms with E-state index in [-0.39, 0.29) is 5.41 Å². The van der Waals surface area contributed by atoms with Gasteiger partial charge in [-0.2, -0.15) is 0 Å². The van der Waals surface area contributed by atoms with E-state index in [1.165, 1.54) is 164 Å². The summed E-state index contributed by atoms with van der Waals surface area (Å²) in [5.41, 5.74) is 20.6. The molecule has 0 heteroatoms. The highest BCUT2D eigenvalue weighted by Crippen LogP contribution is 2.52. The molecular weight excluding hydrogens is 1020 g/mol. The first-order chi connectivity index (χ1) is 41.9. The van der Waals surface area contributed by atoms with E-state index >= 15 is 0 Å². The molecule has 1 aliphatic carbocycles. The molecule has 0 aliphatic heterocycles. The van der Waals surface area contributed by atoms with E-state index in [0.29, 0.717) is 0 Å². The summed E-state index contributed by atoms with van der Waals surface area (Å²) in [6.07, 6.45) is 0. The molecule has 0 atom stereocenters. The van der Waals surface area contributed by atoms with Gasteiger partial charge >= 0.3 is 0 Å². The van der Waals surface area contributed by atoms with Crippen LogP contribution in [0.1, 0.15) is 25.0 Å². The summed E-state index contributed by atoms with van der Waals surface area (Å²) >= 11 is 0. The van der Waals surface area contributed by atoms with Gasteiger partial charge in [0.05, 0.1) is 0 Å². The summed E-state index contributed by atoms with van der Waals surface area (Å²) in [6.45, 7) is 4.73. The maximum absolute atomic E-state index is 2.47. The van der Waals surface area contributed by atoms with E-state index in [0.717, 1.165) is 0 Å². The van der Waals surface area contributed by atoms with Crippen molar-refractivity contribution in [1.82, 2.24) is 0 Å². The Kier molecular flexibility index (Phi) is 12.0. The zero-order valence-corrected chi connectivity index (χ0v) is 47.5. The van der Waals surface area contributed by atoms with Gasteiger partial charge in [0.2, 0.25) is 0 Å². The fourth-order valence-electron chi connectivity index (χ4n) is 14.1. The van der Waals surface area contributed by atoms with Gasteiger partial charge in [-0.15, -0.1) is 0 Å². The molecule has 0 heterocycles. The summed E-state index contributed by atoms with van der Waals surface area (Å²) in [6, 6.07) is 116. The molecule has 0 saturated carbocycles. The van der Waals surface area contributed by atoms with Crippen LogP contribution in [0, 0.1) is 0 Å². The Bertz CT molecular complexity index is 5310. The minimum absolute atomic E-state index is 0.0548. The lowest BCUT2D eigenvalue weighted by Gasteiger charge is -2.23. The molecular formula is C85H58. The third kappa shape index (κ3) is 8.52. The van der Waals surface area contributed by atoms with Crippen LogP contribution in [0.3, 0.4) is 0 Å². The highest BCUT2D eigenvalue weighted by molar-refractivity contribution is 6.24. The number of hydrogen-bond donors (Lipinski definition) is 0. The minimum atomic E-state index is -0.0548. The van der Waals surface area contributed by atoms with Gasteiger partial charge in [0.25, 0.3) is 0 Å². The van der Waals surface area contributed by atoms with Gasteiger partial charge in [-0.25, -0.2) is 0 Å². The first-order valence-electron chi connectivity index (χ1n) is 29.7. The van der Waals surface area contributed by atoms with Crippen molar-refractivity contribution in [3.8, 4) is 77.9 Å². The van der Waals surface area contributed by atoms with E-state index in [1.807, 2.05) is 0 Å². The molecule has 0 nitrogen and oxygen atoms in total. The zero-order chi connectivity index (χ0) is 56.6. The molecule has 0 unspecified atom stereocenters. The Morgan fingerprint density at radius 2 is 0.482 bits per heavy atom. The van der Waals surface area contributed by atoms with Gasteiger partial charge < -0.3 is 0 Å². The Hall–Kier alpha value is -10.7. The highest BCUT2D eigenvalue weighted by Gasteiger charge is 2.35. The van der Waals surface area contributed by atoms with Crippen molar-refractivity contribution in [3.63, 3.8) is 0 Å². The Morgan fingerprint density at radius 1 is 0.176 bits per heavy atom. The maximum atomic E-state index is 2.47. The molecule has 1 aliphatic rings. The van der Waals surface area contributed by atoms with Crippen LogP contribution in [0.25, 0.3) is 153 Å². The second-order valence-corrected chi connectivity index (χ2v) is 23.5. The van der Waals surface area contributed by atoms with Crippen LogP contribution in [0.4, 0.5) is 0 Å². The summed E-state index contributed by atoms with van der Waals surface area (Å²) in [7, 11) is 0. The maximum Gasteiger partial charge on any atom is 0.0159 e. The summed E-state index contributed by atoms with van der Waals surface area (Å²) in [5, 5.41) is 17.8. The summed E-state index contributed by atoms with van der Waals surface area (Å²) < 4.78 is 0. The van der Waals surface area contributed by atoms with Crippen molar-refractivity contribution in [3.05, 3.63) is 327 Å². The van der Waals surface area contributed by atoms with Crippen molar-refractivity contribution >= 4 is 75.4 Å². The molecule has 0 bridgehead atoms. The summed E-state index contributed by atoms with van der Waals surface area (Å²) in [5.74, 6) is 0. The zero-order valence-electron chi connectivity index (χ0n) is 47.5. The highest BCUT2D eigenvalue weighted by atomic mass is 14.4. The average molecular weight is 1080 g/mol. The molecule has 0 fully saturated rings. The normalized spacial score (nSPS) is 12.4. The number of hydrogen-bond acceptors (Lipinski definition) is 0. The standard InChI is InChI=1S/C45H32.C40H26/c1-45(2)41-19-11-10-16-35(41)36-24-23-34(28-42(36)45)44-38-18-9-8-17-37(38)43(30-13-4-3-5-14-30)40-27-33(22-25-39(40)44)32-21-20-29-12-6-7-15-31(29)26-32;1-2-12-29(13-3-1)39-35-16-8-9-17-36(35)40(34-21-19-28-11-5-7-15-31(28)25-34)37-23-22-33(26-38(37)39)32-20-18-27-10-4-6-14-30(27)24-32/h3-28H,1-2H3;1-26H. The van der Waals surface area contributed by atoms with Crippen molar-refractivity contribution in [2.75, 3.05) is 0 Å². The number of benzene rings is 16. The van der Waals surface area contributed by atoms with E-state index < -0.39 is 0 Å². The Balaban J connectivity index is 0.000000139. The average Bonchev–Trinajstić information content (AvgIpc) is 3.09. The van der Waals surface area contributed by atoms with Crippen molar-refractivity contribution in [2.45, 2.75) is 19.3 Å². The third-order valence-electron chi connectivity index (χ3n) is 18.2. The smallest absolute Gasteiger partial charge is 0.0159 e. The SMILES string of the molecule is CC1(C)c2ccccc2-c2ccc(-c3c4ccccc4c(-c4ccccc4)c4cc(-c5ccc6ccccc6c5)ccc34)cc21.c1ccc(-c2c3ccccc3c(-c3ccc4ccccc4c3)c3ccc(-c4ccc5ccccc5c4)cc23)cc1. The molecule has 0 radical (unpaired) electrons. The lowest BCUT2D eigenvalue weighted by molar-refractivity contribution is 0.660. The Labute approximate surface area is 496 Å². The molecule has 16 aromatic carbocycles. The third-order valence-corrected chi connectivity index (χ3v) is 18.2. The van der Waals surface area contributed by atoms with Gasteiger partial charge in [-0.3, -0.25) is 0 Å². The fraction of sp³-hybridized carbons (Fsp3) is 0.0353. The molecule has 0 saturated heterocycles. The molecule has 0 amide bonds. The molecule has 16 aromatic rings. The lowest BCUT2D eigenvalue weighted by atomic mass is 9.80. The molecule has 0 spiro atoms. The van der Waals surface area contributed by atoms with Gasteiger partial charge in [0.1, 0.15) is 0 Å².